The van der Waals surface area contributed by atoms with Crippen LogP contribution in [0.5, 0.6) is 0 Å². The molecular formula is C20H30FN3O3S. The molecule has 1 aliphatic carbocycles. The van der Waals surface area contributed by atoms with Crippen molar-refractivity contribution >= 4 is 15.9 Å². The minimum atomic E-state index is -3.64. The summed E-state index contributed by atoms with van der Waals surface area (Å²) in [6, 6.07) is 4.75. The van der Waals surface area contributed by atoms with Crippen LogP contribution in [0.3, 0.4) is 0 Å². The fourth-order valence-electron chi connectivity index (χ4n) is 4.45. The van der Waals surface area contributed by atoms with Crippen LogP contribution in [-0.4, -0.2) is 50.9 Å². The number of unbranched alkanes of at least 4 members (excludes halogenated alkanes) is 1. The summed E-state index contributed by atoms with van der Waals surface area (Å²) in [6.45, 7) is 2.96. The van der Waals surface area contributed by atoms with E-state index in [0.29, 0.717) is 13.1 Å². The first kappa shape index (κ1) is 21.2. The SMILES string of the molecule is CCCC[C@H](NC)C(=O)N[C@H]1CC[C@@H]2CN(S(=O)(=O)c3ccc(F)cc3)C[C@@H]21. The van der Waals surface area contributed by atoms with Gasteiger partial charge in [-0.15, -0.1) is 0 Å². The molecule has 1 saturated heterocycles. The number of carbonyl (C=O) groups is 1. The molecule has 6 nitrogen and oxygen atoms in total. The minimum absolute atomic E-state index is 0.00133. The maximum Gasteiger partial charge on any atom is 0.243 e. The van der Waals surface area contributed by atoms with Crippen LogP contribution in [0, 0.1) is 17.7 Å². The molecule has 1 amide bonds. The standard InChI is InChI=1S/C20H30FN3O3S/c1-3-4-5-19(22-2)20(25)23-18-11-6-14-12-24(13-17(14)18)28(26,27)16-9-7-15(21)8-10-16/h7-10,14,17-19,22H,3-6,11-13H2,1-2H3,(H,23,25)/t14-,17+,18+,19+/m1/s1. The van der Waals surface area contributed by atoms with Gasteiger partial charge in [-0.05, 0) is 62.4 Å². The molecule has 1 aromatic rings. The second kappa shape index (κ2) is 8.88. The van der Waals surface area contributed by atoms with Crippen LogP contribution in [0.2, 0.25) is 0 Å². The van der Waals surface area contributed by atoms with Crippen molar-refractivity contribution in [3.8, 4) is 0 Å². The van der Waals surface area contributed by atoms with Crippen LogP contribution >= 0.6 is 0 Å². The molecule has 0 bridgehead atoms. The lowest BCUT2D eigenvalue weighted by Crippen LogP contribution is -2.48. The zero-order chi connectivity index (χ0) is 20.3. The summed E-state index contributed by atoms with van der Waals surface area (Å²) in [7, 11) is -1.85. The van der Waals surface area contributed by atoms with Crippen LogP contribution in [0.4, 0.5) is 4.39 Å². The van der Waals surface area contributed by atoms with Crippen LogP contribution in [0.1, 0.15) is 39.0 Å². The van der Waals surface area contributed by atoms with Gasteiger partial charge in [0.2, 0.25) is 15.9 Å². The van der Waals surface area contributed by atoms with E-state index in [2.05, 4.69) is 17.6 Å². The zero-order valence-electron chi connectivity index (χ0n) is 16.5. The Labute approximate surface area is 166 Å². The van der Waals surface area contributed by atoms with Crippen LogP contribution in [0.25, 0.3) is 0 Å². The molecular weight excluding hydrogens is 381 g/mol. The van der Waals surface area contributed by atoms with Gasteiger partial charge in [0.15, 0.2) is 0 Å². The average Bonchev–Trinajstić information content (AvgIpc) is 3.25. The molecule has 3 rings (SSSR count). The summed E-state index contributed by atoms with van der Waals surface area (Å²) >= 11 is 0. The largest absolute Gasteiger partial charge is 0.352 e. The molecule has 0 spiro atoms. The van der Waals surface area contributed by atoms with Crippen LogP contribution in [-0.2, 0) is 14.8 Å². The highest BCUT2D eigenvalue weighted by Gasteiger charge is 2.47. The molecule has 1 aliphatic heterocycles. The Balaban J connectivity index is 1.65. The monoisotopic (exact) mass is 411 g/mol. The van der Waals surface area contributed by atoms with Gasteiger partial charge >= 0.3 is 0 Å². The van der Waals surface area contributed by atoms with Gasteiger partial charge in [0.05, 0.1) is 10.9 Å². The number of fused-ring (bicyclic) bond motifs is 1. The highest BCUT2D eigenvalue weighted by atomic mass is 32.2. The smallest absolute Gasteiger partial charge is 0.243 e. The van der Waals surface area contributed by atoms with Gasteiger partial charge in [-0.2, -0.15) is 4.31 Å². The molecule has 28 heavy (non-hydrogen) atoms. The lowest BCUT2D eigenvalue weighted by Gasteiger charge is -2.24. The number of likely N-dealkylation sites (N-methyl/N-ethyl adjacent to an activating group) is 1. The first-order valence-electron chi connectivity index (χ1n) is 10.1. The fourth-order valence-corrected chi connectivity index (χ4v) is 5.99. The number of hydrogen-bond donors (Lipinski definition) is 2. The van der Waals surface area contributed by atoms with Gasteiger partial charge < -0.3 is 10.6 Å². The lowest BCUT2D eigenvalue weighted by molar-refractivity contribution is -0.124. The van der Waals surface area contributed by atoms with E-state index >= 15 is 0 Å². The summed E-state index contributed by atoms with van der Waals surface area (Å²) in [5.74, 6) is -0.0734. The number of halogens is 1. The molecule has 2 N–H and O–H groups in total. The van der Waals surface area contributed by atoms with Crippen molar-refractivity contribution in [2.75, 3.05) is 20.1 Å². The van der Waals surface area contributed by atoms with Gasteiger partial charge in [-0.1, -0.05) is 19.8 Å². The maximum absolute atomic E-state index is 13.1. The molecule has 1 aromatic carbocycles. The number of rotatable bonds is 8. The van der Waals surface area contributed by atoms with Crippen molar-refractivity contribution in [1.29, 1.82) is 0 Å². The third-order valence-electron chi connectivity index (χ3n) is 6.11. The maximum atomic E-state index is 13.1. The predicted molar refractivity (Wildman–Crippen MR) is 106 cm³/mol. The Bertz CT molecular complexity index is 784. The van der Waals surface area contributed by atoms with Crippen LogP contribution < -0.4 is 10.6 Å². The Hall–Kier alpha value is -1.51. The Morgan fingerprint density at radius 2 is 1.96 bits per heavy atom. The van der Waals surface area contributed by atoms with E-state index in [1.807, 2.05) is 0 Å². The number of nitrogens with zero attached hydrogens (tertiary/aromatic N) is 1. The van der Waals surface area contributed by atoms with Crippen molar-refractivity contribution < 1.29 is 17.6 Å². The van der Waals surface area contributed by atoms with Crippen LogP contribution in [0.15, 0.2) is 29.2 Å². The highest BCUT2D eigenvalue weighted by Crippen LogP contribution is 2.40. The Morgan fingerprint density at radius 3 is 2.61 bits per heavy atom. The number of carbonyl (C=O) groups excluding carboxylic acids is 1. The second-order valence-corrected chi connectivity index (χ2v) is 9.81. The summed E-state index contributed by atoms with van der Waals surface area (Å²) < 4.78 is 40.4. The minimum Gasteiger partial charge on any atom is -0.352 e. The van der Waals surface area contributed by atoms with Crippen molar-refractivity contribution in [1.82, 2.24) is 14.9 Å². The lowest BCUT2D eigenvalue weighted by atomic mass is 9.97. The topological polar surface area (TPSA) is 78.5 Å². The number of benzene rings is 1. The number of hydrogen-bond acceptors (Lipinski definition) is 4. The molecule has 2 aliphatic rings. The molecule has 4 atom stereocenters. The van der Waals surface area contributed by atoms with Gasteiger partial charge in [0.1, 0.15) is 5.82 Å². The molecule has 0 unspecified atom stereocenters. The normalized spacial score (nSPS) is 26.2. The van der Waals surface area contributed by atoms with Crippen molar-refractivity contribution in [2.45, 2.75) is 56.0 Å². The Kier molecular flexibility index (Phi) is 6.73. The highest BCUT2D eigenvalue weighted by molar-refractivity contribution is 7.89. The van der Waals surface area contributed by atoms with Gasteiger partial charge in [0, 0.05) is 19.1 Å². The van der Waals surface area contributed by atoms with Gasteiger partial charge in [-0.25, -0.2) is 12.8 Å². The summed E-state index contributed by atoms with van der Waals surface area (Å²) in [5.41, 5.74) is 0. The van der Waals surface area contributed by atoms with Gasteiger partial charge in [0.25, 0.3) is 0 Å². The van der Waals surface area contributed by atoms with Gasteiger partial charge in [-0.3, -0.25) is 4.79 Å². The quantitative estimate of drug-likeness (QED) is 0.687. The van der Waals surface area contributed by atoms with Crippen molar-refractivity contribution in [3.05, 3.63) is 30.1 Å². The third kappa shape index (κ3) is 4.39. The van der Waals surface area contributed by atoms with Crippen molar-refractivity contribution in [2.24, 2.45) is 11.8 Å². The van der Waals surface area contributed by atoms with Crippen molar-refractivity contribution in [3.63, 3.8) is 0 Å². The van der Waals surface area contributed by atoms with E-state index < -0.39 is 15.8 Å². The first-order chi connectivity index (χ1) is 13.4. The number of nitrogens with one attached hydrogen (secondary N) is 2. The molecule has 8 heteroatoms. The Morgan fingerprint density at radius 1 is 1.25 bits per heavy atom. The van der Waals surface area contributed by atoms with E-state index in [1.165, 1.54) is 28.6 Å². The molecule has 1 saturated carbocycles. The predicted octanol–water partition coefficient (Wildman–Crippen LogP) is 2.12. The summed E-state index contributed by atoms with van der Waals surface area (Å²) in [5, 5.41) is 6.24. The summed E-state index contributed by atoms with van der Waals surface area (Å²) in [4.78, 5) is 12.7. The molecule has 2 fully saturated rings. The average molecular weight is 412 g/mol. The number of amides is 1. The molecule has 1 heterocycles. The third-order valence-corrected chi connectivity index (χ3v) is 7.96. The van der Waals surface area contributed by atoms with E-state index in [0.717, 1.165) is 32.1 Å². The molecule has 0 aromatic heterocycles. The summed E-state index contributed by atoms with van der Waals surface area (Å²) in [6.07, 6.45) is 4.61. The second-order valence-electron chi connectivity index (χ2n) is 7.88. The molecule has 156 valence electrons. The molecule has 0 radical (unpaired) electrons. The van der Waals surface area contributed by atoms with E-state index in [9.17, 15) is 17.6 Å². The van der Waals surface area contributed by atoms with E-state index in [1.54, 1.807) is 7.05 Å². The fraction of sp³-hybridized carbons (Fsp3) is 0.650. The van der Waals surface area contributed by atoms with E-state index in [4.69, 9.17) is 0 Å². The van der Waals surface area contributed by atoms with E-state index in [-0.39, 0.29) is 34.7 Å². The number of sulfonamides is 1. The zero-order valence-corrected chi connectivity index (χ0v) is 17.3. The first-order valence-corrected chi connectivity index (χ1v) is 11.5.